The molecule has 0 atom stereocenters. The van der Waals surface area contributed by atoms with Gasteiger partial charge in [-0.25, -0.2) is 22.9 Å². The lowest BCUT2D eigenvalue weighted by atomic mass is 10.1. The van der Waals surface area contributed by atoms with Gasteiger partial charge in [0.15, 0.2) is 5.03 Å². The van der Waals surface area contributed by atoms with Crippen LogP contribution in [-0.2, 0) is 10.0 Å². The van der Waals surface area contributed by atoms with Gasteiger partial charge in [0, 0.05) is 12.7 Å². The Bertz CT molecular complexity index is 538. The van der Waals surface area contributed by atoms with Gasteiger partial charge in [0.25, 0.3) is 10.0 Å². The first-order valence-corrected chi connectivity index (χ1v) is 8.00. The second-order valence-electron chi connectivity index (χ2n) is 4.98. The summed E-state index contributed by atoms with van der Waals surface area (Å²) in [6, 6.07) is 2.42. The van der Waals surface area contributed by atoms with Crippen LogP contribution in [0.2, 0.25) is 0 Å². The summed E-state index contributed by atoms with van der Waals surface area (Å²) in [4.78, 5) is 14.3. The molecular formula is C13H20N2O4S. The van der Waals surface area contributed by atoms with Gasteiger partial charge in [-0.15, -0.1) is 0 Å². The largest absolute Gasteiger partial charge is 0.478 e. The molecule has 0 aromatic carbocycles. The molecule has 0 saturated carbocycles. The Labute approximate surface area is 119 Å². The van der Waals surface area contributed by atoms with Crippen LogP contribution in [0.5, 0.6) is 0 Å². The van der Waals surface area contributed by atoms with E-state index < -0.39 is 16.0 Å². The highest BCUT2D eigenvalue weighted by Crippen LogP contribution is 2.08. The molecule has 0 fully saturated rings. The number of sulfonamides is 1. The number of nitrogens with zero attached hydrogens (tertiary/aromatic N) is 1. The summed E-state index contributed by atoms with van der Waals surface area (Å²) >= 11 is 0. The molecule has 112 valence electrons. The summed E-state index contributed by atoms with van der Waals surface area (Å²) in [6.45, 7) is 4.60. The van der Waals surface area contributed by atoms with E-state index in [1.54, 1.807) is 0 Å². The number of aromatic nitrogens is 1. The van der Waals surface area contributed by atoms with Crippen LogP contribution in [0.1, 0.15) is 43.5 Å². The lowest BCUT2D eigenvalue weighted by molar-refractivity contribution is 0.0696. The van der Waals surface area contributed by atoms with Gasteiger partial charge in [0.05, 0.1) is 5.56 Å². The standard InChI is InChI=1S/C13H20N2O4S/c1-10(2)5-3-4-8-15-20(18,19)12-7-6-11(9-14-12)13(16)17/h6-7,9-10,15H,3-5,8H2,1-2H3,(H,16,17). The molecule has 0 unspecified atom stereocenters. The van der Waals surface area contributed by atoms with Crippen LogP contribution < -0.4 is 4.72 Å². The van der Waals surface area contributed by atoms with Crippen molar-refractivity contribution in [2.75, 3.05) is 6.54 Å². The average molecular weight is 300 g/mol. The molecule has 7 heteroatoms. The second-order valence-corrected chi connectivity index (χ2v) is 6.69. The van der Waals surface area contributed by atoms with Gasteiger partial charge in [-0.05, 0) is 24.5 Å². The quantitative estimate of drug-likeness (QED) is 0.715. The molecule has 1 rings (SSSR count). The Morgan fingerprint density at radius 3 is 2.55 bits per heavy atom. The number of aromatic carboxylic acids is 1. The zero-order chi connectivity index (χ0) is 15.2. The average Bonchev–Trinajstić information content (AvgIpc) is 2.38. The number of carboxylic acids is 1. The Hall–Kier alpha value is -1.47. The van der Waals surface area contributed by atoms with E-state index >= 15 is 0 Å². The summed E-state index contributed by atoms with van der Waals surface area (Å²) in [5.74, 6) is -0.528. The molecule has 0 aliphatic carbocycles. The summed E-state index contributed by atoms with van der Waals surface area (Å²) < 4.78 is 26.2. The second kappa shape index (κ2) is 7.35. The molecular weight excluding hydrogens is 280 g/mol. The highest BCUT2D eigenvalue weighted by molar-refractivity contribution is 7.89. The van der Waals surface area contributed by atoms with Crippen LogP contribution in [0.25, 0.3) is 0 Å². The third-order valence-electron chi connectivity index (χ3n) is 2.76. The molecule has 0 aliphatic heterocycles. The number of nitrogens with one attached hydrogen (secondary N) is 1. The minimum absolute atomic E-state index is 0.0408. The number of carbonyl (C=O) groups is 1. The first-order chi connectivity index (χ1) is 9.33. The number of hydrogen-bond donors (Lipinski definition) is 2. The maximum absolute atomic E-state index is 11.9. The molecule has 20 heavy (non-hydrogen) atoms. The van der Waals surface area contributed by atoms with Crippen molar-refractivity contribution in [3.8, 4) is 0 Å². The van der Waals surface area contributed by atoms with Crippen LogP contribution in [0.4, 0.5) is 0 Å². The zero-order valence-electron chi connectivity index (χ0n) is 11.7. The van der Waals surface area contributed by atoms with E-state index in [-0.39, 0.29) is 10.6 Å². The van der Waals surface area contributed by atoms with Gasteiger partial charge in [-0.3, -0.25) is 0 Å². The molecule has 6 nitrogen and oxygen atoms in total. The van der Waals surface area contributed by atoms with E-state index in [0.29, 0.717) is 12.5 Å². The maximum atomic E-state index is 11.9. The fraction of sp³-hybridized carbons (Fsp3) is 0.538. The lowest BCUT2D eigenvalue weighted by Crippen LogP contribution is -2.25. The normalized spacial score (nSPS) is 11.8. The van der Waals surface area contributed by atoms with Crippen molar-refractivity contribution in [2.24, 2.45) is 5.92 Å². The van der Waals surface area contributed by atoms with Crippen LogP contribution in [-0.4, -0.2) is 31.0 Å². The summed E-state index contributed by atoms with van der Waals surface area (Å²) in [5.41, 5.74) is -0.0408. The van der Waals surface area contributed by atoms with Gasteiger partial charge in [-0.1, -0.05) is 26.7 Å². The van der Waals surface area contributed by atoms with E-state index in [2.05, 4.69) is 23.6 Å². The van der Waals surface area contributed by atoms with Gasteiger partial charge >= 0.3 is 5.97 Å². The van der Waals surface area contributed by atoms with Crippen molar-refractivity contribution >= 4 is 16.0 Å². The zero-order valence-corrected chi connectivity index (χ0v) is 12.5. The fourth-order valence-electron chi connectivity index (χ4n) is 1.62. The predicted octanol–water partition coefficient (Wildman–Crippen LogP) is 1.88. The lowest BCUT2D eigenvalue weighted by Gasteiger charge is -2.07. The van der Waals surface area contributed by atoms with E-state index in [4.69, 9.17) is 5.11 Å². The first kappa shape index (κ1) is 16.6. The number of hydrogen-bond acceptors (Lipinski definition) is 4. The van der Waals surface area contributed by atoms with Crippen molar-refractivity contribution in [3.05, 3.63) is 23.9 Å². The molecule has 0 spiro atoms. The van der Waals surface area contributed by atoms with E-state index in [0.717, 1.165) is 25.5 Å². The molecule has 1 aromatic rings. The molecule has 1 aromatic heterocycles. The van der Waals surface area contributed by atoms with E-state index in [1.165, 1.54) is 12.1 Å². The van der Waals surface area contributed by atoms with Gasteiger partial charge in [0.2, 0.25) is 0 Å². The number of pyridine rings is 1. The van der Waals surface area contributed by atoms with Crippen LogP contribution in [0, 0.1) is 5.92 Å². The fourth-order valence-corrected chi connectivity index (χ4v) is 2.62. The monoisotopic (exact) mass is 300 g/mol. The molecule has 0 radical (unpaired) electrons. The summed E-state index contributed by atoms with van der Waals surface area (Å²) in [5, 5.41) is 8.56. The molecule has 0 aliphatic rings. The minimum atomic E-state index is -3.66. The van der Waals surface area contributed by atoms with E-state index in [1.807, 2.05) is 0 Å². The van der Waals surface area contributed by atoms with Crippen LogP contribution >= 0.6 is 0 Å². The minimum Gasteiger partial charge on any atom is -0.478 e. The Morgan fingerprint density at radius 1 is 1.35 bits per heavy atom. The highest BCUT2D eigenvalue weighted by Gasteiger charge is 2.15. The molecule has 1 heterocycles. The topological polar surface area (TPSA) is 96.4 Å². The third kappa shape index (κ3) is 5.26. The summed E-state index contributed by atoms with van der Waals surface area (Å²) in [6.07, 6.45) is 3.83. The smallest absolute Gasteiger partial charge is 0.337 e. The number of carboxylic acid groups (broad SMARTS) is 1. The highest BCUT2D eigenvalue weighted by atomic mass is 32.2. The molecule has 2 N–H and O–H groups in total. The van der Waals surface area contributed by atoms with E-state index in [9.17, 15) is 13.2 Å². The first-order valence-electron chi connectivity index (χ1n) is 6.52. The maximum Gasteiger partial charge on any atom is 0.337 e. The number of unbranched alkanes of at least 4 members (excludes halogenated alkanes) is 1. The van der Waals surface area contributed by atoms with Gasteiger partial charge < -0.3 is 5.11 Å². The predicted molar refractivity (Wildman–Crippen MR) is 75.1 cm³/mol. The Balaban J connectivity index is 2.54. The molecule has 0 bridgehead atoms. The summed E-state index contributed by atoms with van der Waals surface area (Å²) in [7, 11) is -3.66. The van der Waals surface area contributed by atoms with Crippen molar-refractivity contribution in [3.63, 3.8) is 0 Å². The van der Waals surface area contributed by atoms with Crippen molar-refractivity contribution in [2.45, 2.75) is 38.1 Å². The van der Waals surface area contributed by atoms with Crippen LogP contribution in [0.15, 0.2) is 23.4 Å². The SMILES string of the molecule is CC(C)CCCCNS(=O)(=O)c1ccc(C(=O)O)cn1. The number of rotatable bonds is 8. The third-order valence-corrected chi connectivity index (χ3v) is 4.14. The van der Waals surface area contributed by atoms with Crippen LogP contribution in [0.3, 0.4) is 0 Å². The molecule has 0 amide bonds. The van der Waals surface area contributed by atoms with Crippen molar-refractivity contribution in [1.29, 1.82) is 0 Å². The molecule has 0 saturated heterocycles. The van der Waals surface area contributed by atoms with Gasteiger partial charge in [0.1, 0.15) is 0 Å². The van der Waals surface area contributed by atoms with Gasteiger partial charge in [-0.2, -0.15) is 0 Å². The Morgan fingerprint density at radius 2 is 2.05 bits per heavy atom. The van der Waals surface area contributed by atoms with Crippen molar-refractivity contribution in [1.82, 2.24) is 9.71 Å². The Kier molecular flexibility index (Phi) is 6.09. The van der Waals surface area contributed by atoms with Crippen molar-refractivity contribution < 1.29 is 18.3 Å².